The van der Waals surface area contributed by atoms with Crippen LogP contribution in [-0.4, -0.2) is 0 Å². The number of rotatable bonds is 2. The molecule has 0 aromatic heterocycles. The molecule has 0 saturated heterocycles. The molecule has 0 fully saturated rings. The van der Waals surface area contributed by atoms with E-state index in [1.165, 1.54) is 0 Å². The van der Waals surface area contributed by atoms with Crippen LogP contribution in [0.2, 0.25) is 10.0 Å². The first-order valence-corrected chi connectivity index (χ1v) is 5.06. The number of nitrogens with two attached hydrogens (primary N) is 1. The number of anilines is 1. The molecule has 1 unspecified atom stereocenters. The number of halogens is 2. The highest BCUT2D eigenvalue weighted by molar-refractivity contribution is 6.42. The molecule has 72 valence electrons. The maximum Gasteiger partial charge on any atom is 0.0628 e. The molecule has 1 aromatic rings. The summed E-state index contributed by atoms with van der Waals surface area (Å²) in [6.45, 7) is 4.22. The first-order chi connectivity index (χ1) is 6.06. The molecule has 1 atom stereocenters. The highest BCUT2D eigenvalue weighted by Gasteiger charge is 2.11. The van der Waals surface area contributed by atoms with Crippen molar-refractivity contribution in [1.82, 2.24) is 0 Å². The lowest BCUT2D eigenvalue weighted by Gasteiger charge is -2.12. The van der Waals surface area contributed by atoms with E-state index < -0.39 is 0 Å². The molecule has 0 bridgehead atoms. The quantitative estimate of drug-likeness (QED) is 0.743. The Labute approximate surface area is 88.8 Å². The number of hydrogen-bond acceptors (Lipinski definition) is 1. The Kier molecular flexibility index (Phi) is 3.46. The van der Waals surface area contributed by atoms with E-state index in [9.17, 15) is 0 Å². The Balaban J connectivity index is 3.20. The Morgan fingerprint density at radius 2 is 2.00 bits per heavy atom. The van der Waals surface area contributed by atoms with E-state index >= 15 is 0 Å². The van der Waals surface area contributed by atoms with Crippen molar-refractivity contribution in [3.8, 4) is 0 Å². The summed E-state index contributed by atoms with van der Waals surface area (Å²) in [5, 5.41) is 1.17. The predicted octanol–water partition coefficient (Wildman–Crippen LogP) is 4.09. The van der Waals surface area contributed by atoms with Crippen LogP contribution in [-0.2, 0) is 0 Å². The van der Waals surface area contributed by atoms with Gasteiger partial charge in [0.05, 0.1) is 10.0 Å². The van der Waals surface area contributed by atoms with Gasteiger partial charge in [-0.1, -0.05) is 37.0 Å². The van der Waals surface area contributed by atoms with Gasteiger partial charge in [-0.05, 0) is 30.0 Å². The minimum Gasteiger partial charge on any atom is -0.399 e. The first kappa shape index (κ1) is 10.7. The molecular weight excluding hydrogens is 205 g/mol. The van der Waals surface area contributed by atoms with E-state index in [4.69, 9.17) is 28.9 Å². The number of hydrogen-bond donors (Lipinski definition) is 1. The molecule has 1 aromatic carbocycles. The van der Waals surface area contributed by atoms with E-state index in [0.29, 0.717) is 21.7 Å². The highest BCUT2D eigenvalue weighted by atomic mass is 35.5. The molecule has 0 aliphatic carbocycles. The number of benzene rings is 1. The van der Waals surface area contributed by atoms with Gasteiger partial charge >= 0.3 is 0 Å². The third kappa shape index (κ3) is 2.29. The van der Waals surface area contributed by atoms with Crippen molar-refractivity contribution in [3.05, 3.63) is 27.7 Å². The molecule has 1 nitrogen and oxygen atoms in total. The molecule has 3 heteroatoms. The van der Waals surface area contributed by atoms with Crippen LogP contribution >= 0.6 is 23.2 Å². The van der Waals surface area contributed by atoms with Crippen molar-refractivity contribution in [2.24, 2.45) is 0 Å². The Morgan fingerprint density at radius 1 is 1.38 bits per heavy atom. The lowest BCUT2D eigenvalue weighted by Crippen LogP contribution is -1.95. The molecule has 0 saturated carbocycles. The van der Waals surface area contributed by atoms with Gasteiger partial charge in [-0.2, -0.15) is 0 Å². The van der Waals surface area contributed by atoms with Crippen molar-refractivity contribution < 1.29 is 0 Å². The predicted molar refractivity (Wildman–Crippen MR) is 59.6 cm³/mol. The third-order valence-electron chi connectivity index (χ3n) is 2.22. The molecular formula is C10H13Cl2N. The molecule has 1 rings (SSSR count). The summed E-state index contributed by atoms with van der Waals surface area (Å²) in [5.74, 6) is 0.397. The normalized spacial score (nSPS) is 12.9. The van der Waals surface area contributed by atoms with Crippen molar-refractivity contribution in [2.45, 2.75) is 26.2 Å². The minimum absolute atomic E-state index is 0.397. The number of nitrogen functional groups attached to an aromatic ring is 1. The monoisotopic (exact) mass is 217 g/mol. The second kappa shape index (κ2) is 4.21. The van der Waals surface area contributed by atoms with Gasteiger partial charge in [0.1, 0.15) is 0 Å². The van der Waals surface area contributed by atoms with E-state index in [0.717, 1.165) is 12.0 Å². The van der Waals surface area contributed by atoms with Crippen LogP contribution in [0.3, 0.4) is 0 Å². The van der Waals surface area contributed by atoms with Crippen molar-refractivity contribution in [3.63, 3.8) is 0 Å². The molecule has 2 N–H and O–H groups in total. The molecule has 13 heavy (non-hydrogen) atoms. The van der Waals surface area contributed by atoms with Crippen LogP contribution in [0.5, 0.6) is 0 Å². The van der Waals surface area contributed by atoms with Gasteiger partial charge < -0.3 is 5.73 Å². The van der Waals surface area contributed by atoms with Gasteiger partial charge in [-0.3, -0.25) is 0 Å². The van der Waals surface area contributed by atoms with Gasteiger partial charge in [0, 0.05) is 5.69 Å². The average Bonchev–Trinajstić information content (AvgIpc) is 2.10. The second-order valence-corrected chi connectivity index (χ2v) is 4.00. The van der Waals surface area contributed by atoms with Crippen LogP contribution in [0.4, 0.5) is 5.69 Å². The van der Waals surface area contributed by atoms with Crippen LogP contribution in [0, 0.1) is 0 Å². The van der Waals surface area contributed by atoms with Crippen LogP contribution in [0.1, 0.15) is 31.7 Å². The molecule has 0 radical (unpaired) electrons. The second-order valence-electron chi connectivity index (χ2n) is 3.22. The Bertz CT molecular complexity index is 310. The van der Waals surface area contributed by atoms with Crippen LogP contribution in [0.25, 0.3) is 0 Å². The largest absolute Gasteiger partial charge is 0.399 e. The van der Waals surface area contributed by atoms with Crippen LogP contribution < -0.4 is 5.73 Å². The molecule has 0 aliphatic heterocycles. The molecule has 0 heterocycles. The van der Waals surface area contributed by atoms with E-state index in [-0.39, 0.29) is 0 Å². The standard InChI is InChI=1S/C10H13Cl2N/c1-3-6(2)8-4-7(13)5-9(11)10(8)12/h4-6H,3,13H2,1-2H3. The molecule has 0 aliphatic rings. The lowest BCUT2D eigenvalue weighted by molar-refractivity contribution is 0.734. The van der Waals surface area contributed by atoms with E-state index in [1.807, 2.05) is 6.07 Å². The van der Waals surface area contributed by atoms with Gasteiger partial charge in [0.15, 0.2) is 0 Å². The summed E-state index contributed by atoms with van der Waals surface area (Å²) < 4.78 is 0. The van der Waals surface area contributed by atoms with E-state index in [1.54, 1.807) is 6.07 Å². The van der Waals surface area contributed by atoms with Gasteiger partial charge in [0.2, 0.25) is 0 Å². The Morgan fingerprint density at radius 3 is 2.54 bits per heavy atom. The third-order valence-corrected chi connectivity index (χ3v) is 3.04. The Hall–Kier alpha value is -0.400. The smallest absolute Gasteiger partial charge is 0.0628 e. The highest BCUT2D eigenvalue weighted by Crippen LogP contribution is 2.34. The van der Waals surface area contributed by atoms with Crippen molar-refractivity contribution in [1.29, 1.82) is 0 Å². The van der Waals surface area contributed by atoms with Gasteiger partial charge in [-0.25, -0.2) is 0 Å². The fraction of sp³-hybridized carbons (Fsp3) is 0.400. The first-order valence-electron chi connectivity index (χ1n) is 4.30. The summed E-state index contributed by atoms with van der Waals surface area (Å²) in [6, 6.07) is 3.57. The SMILES string of the molecule is CCC(C)c1cc(N)cc(Cl)c1Cl. The molecule has 0 amide bonds. The maximum absolute atomic E-state index is 6.05. The summed E-state index contributed by atoms with van der Waals surface area (Å²) in [7, 11) is 0. The van der Waals surface area contributed by atoms with Crippen molar-refractivity contribution in [2.75, 3.05) is 5.73 Å². The maximum atomic E-state index is 6.05. The molecule has 0 spiro atoms. The van der Waals surface area contributed by atoms with E-state index in [2.05, 4.69) is 13.8 Å². The van der Waals surface area contributed by atoms with Gasteiger partial charge in [-0.15, -0.1) is 0 Å². The van der Waals surface area contributed by atoms with Gasteiger partial charge in [0.25, 0.3) is 0 Å². The summed E-state index contributed by atoms with van der Waals surface area (Å²) in [4.78, 5) is 0. The fourth-order valence-electron chi connectivity index (χ4n) is 1.21. The fourth-order valence-corrected chi connectivity index (χ4v) is 1.74. The van der Waals surface area contributed by atoms with Crippen molar-refractivity contribution >= 4 is 28.9 Å². The average molecular weight is 218 g/mol. The summed E-state index contributed by atoms with van der Waals surface area (Å²) >= 11 is 12.0. The lowest BCUT2D eigenvalue weighted by atomic mass is 9.98. The minimum atomic E-state index is 0.397. The zero-order valence-electron chi connectivity index (χ0n) is 7.77. The zero-order valence-corrected chi connectivity index (χ0v) is 9.28. The van der Waals surface area contributed by atoms with Crippen LogP contribution in [0.15, 0.2) is 12.1 Å². The summed E-state index contributed by atoms with van der Waals surface area (Å²) in [5.41, 5.74) is 7.39. The topological polar surface area (TPSA) is 26.0 Å². The summed E-state index contributed by atoms with van der Waals surface area (Å²) in [6.07, 6.45) is 1.03. The zero-order chi connectivity index (χ0) is 10.0.